The lowest BCUT2D eigenvalue weighted by atomic mass is 9.72. The van der Waals surface area contributed by atoms with Crippen LogP contribution in [0.25, 0.3) is 0 Å². The van der Waals surface area contributed by atoms with E-state index in [0.717, 1.165) is 6.42 Å². The predicted molar refractivity (Wildman–Crippen MR) is 41.1 cm³/mol. The first-order chi connectivity index (χ1) is 5.23. The zero-order valence-corrected chi connectivity index (χ0v) is 6.93. The highest BCUT2D eigenvalue weighted by molar-refractivity contribution is 5.77. The van der Waals surface area contributed by atoms with Gasteiger partial charge in [-0.1, -0.05) is 13.3 Å². The quantitative estimate of drug-likeness (QED) is 0.498. The van der Waals surface area contributed by atoms with Crippen LogP contribution in [0.3, 0.4) is 0 Å². The van der Waals surface area contributed by atoms with E-state index in [0.29, 0.717) is 12.3 Å². The van der Waals surface area contributed by atoms with Gasteiger partial charge in [-0.05, 0) is 25.2 Å². The normalized spacial score (nSPS) is 43.4. The molecule has 0 unspecified atom stereocenters. The van der Waals surface area contributed by atoms with Crippen LogP contribution in [0.2, 0.25) is 0 Å². The molecule has 1 aliphatic heterocycles. The molecule has 1 heterocycles. The zero-order valence-electron chi connectivity index (χ0n) is 6.93. The van der Waals surface area contributed by atoms with E-state index < -0.39 is 0 Å². The van der Waals surface area contributed by atoms with Crippen LogP contribution in [-0.2, 0) is 9.53 Å². The molecule has 1 spiro atoms. The van der Waals surface area contributed by atoms with E-state index in [-0.39, 0.29) is 11.6 Å². The van der Waals surface area contributed by atoms with E-state index >= 15 is 0 Å². The minimum atomic E-state index is -0.0185. The monoisotopic (exact) mass is 154 g/mol. The second-order valence-electron chi connectivity index (χ2n) is 3.86. The Kier molecular flexibility index (Phi) is 1.44. The second-order valence-corrected chi connectivity index (χ2v) is 3.86. The number of hydrogen-bond acceptors (Lipinski definition) is 2. The molecule has 2 heteroatoms. The number of rotatable bonds is 0. The lowest BCUT2D eigenvalue weighted by Crippen LogP contribution is -2.53. The van der Waals surface area contributed by atoms with Crippen LogP contribution in [0.1, 0.15) is 39.0 Å². The molecule has 1 aliphatic carbocycles. The van der Waals surface area contributed by atoms with Gasteiger partial charge in [0, 0.05) is 0 Å². The molecule has 0 amide bonds. The van der Waals surface area contributed by atoms with Crippen molar-refractivity contribution in [3.8, 4) is 0 Å². The van der Waals surface area contributed by atoms with E-state index in [1.807, 2.05) is 0 Å². The Morgan fingerprint density at radius 3 is 2.82 bits per heavy atom. The highest BCUT2D eigenvalue weighted by Crippen LogP contribution is 2.44. The van der Waals surface area contributed by atoms with Crippen LogP contribution < -0.4 is 0 Å². The van der Waals surface area contributed by atoms with Gasteiger partial charge in [0.15, 0.2) is 0 Å². The maximum absolute atomic E-state index is 10.7. The molecule has 0 aromatic heterocycles. The number of ether oxygens (including phenoxy) is 1. The molecule has 2 nitrogen and oxygen atoms in total. The molecule has 1 saturated heterocycles. The number of hydrogen-bond donors (Lipinski definition) is 0. The van der Waals surface area contributed by atoms with E-state index in [2.05, 4.69) is 6.92 Å². The third-order valence-corrected chi connectivity index (χ3v) is 3.15. The fourth-order valence-corrected chi connectivity index (χ4v) is 2.26. The topological polar surface area (TPSA) is 26.3 Å². The average Bonchev–Trinajstić information content (AvgIpc) is 1.92. The summed E-state index contributed by atoms with van der Waals surface area (Å²) in [7, 11) is 0. The molecule has 2 fully saturated rings. The molecule has 1 saturated carbocycles. The smallest absolute Gasteiger partial charge is 0.310 e. The Morgan fingerprint density at radius 2 is 2.27 bits per heavy atom. The molecule has 0 aromatic rings. The molecule has 11 heavy (non-hydrogen) atoms. The Hall–Kier alpha value is -0.530. The van der Waals surface area contributed by atoms with Crippen molar-refractivity contribution in [3.05, 3.63) is 0 Å². The molecule has 2 rings (SSSR count). The van der Waals surface area contributed by atoms with Crippen LogP contribution in [0, 0.1) is 5.92 Å². The first kappa shape index (κ1) is 7.14. The van der Waals surface area contributed by atoms with Crippen LogP contribution >= 0.6 is 0 Å². The summed E-state index contributed by atoms with van der Waals surface area (Å²) in [6.45, 7) is 2.20. The highest BCUT2D eigenvalue weighted by atomic mass is 16.6. The van der Waals surface area contributed by atoms with E-state index in [1.165, 1.54) is 19.3 Å². The maximum Gasteiger partial charge on any atom is 0.310 e. The van der Waals surface area contributed by atoms with Gasteiger partial charge < -0.3 is 4.74 Å². The van der Waals surface area contributed by atoms with Crippen LogP contribution in [0.15, 0.2) is 0 Å². The van der Waals surface area contributed by atoms with Gasteiger partial charge in [0.2, 0.25) is 0 Å². The van der Waals surface area contributed by atoms with Crippen molar-refractivity contribution < 1.29 is 9.53 Å². The van der Waals surface area contributed by atoms with Crippen molar-refractivity contribution in [2.24, 2.45) is 5.92 Å². The van der Waals surface area contributed by atoms with Gasteiger partial charge in [-0.25, -0.2) is 0 Å². The summed E-state index contributed by atoms with van der Waals surface area (Å²) < 4.78 is 5.24. The first-order valence-electron chi connectivity index (χ1n) is 4.45. The van der Waals surface area contributed by atoms with E-state index in [4.69, 9.17) is 4.74 Å². The van der Waals surface area contributed by atoms with E-state index in [9.17, 15) is 4.79 Å². The van der Waals surface area contributed by atoms with Crippen molar-refractivity contribution in [1.82, 2.24) is 0 Å². The summed E-state index contributed by atoms with van der Waals surface area (Å²) in [4.78, 5) is 10.7. The lowest BCUT2D eigenvalue weighted by Gasteiger charge is -2.47. The second kappa shape index (κ2) is 2.23. The van der Waals surface area contributed by atoms with Crippen molar-refractivity contribution >= 4 is 5.97 Å². The summed E-state index contributed by atoms with van der Waals surface area (Å²) in [5.41, 5.74) is -0.0185. The lowest BCUT2D eigenvalue weighted by molar-refractivity contribution is -0.207. The molecule has 0 aromatic carbocycles. The largest absolute Gasteiger partial charge is 0.458 e. The van der Waals surface area contributed by atoms with Gasteiger partial charge in [-0.2, -0.15) is 0 Å². The summed E-state index contributed by atoms with van der Waals surface area (Å²) in [5, 5.41) is 0. The van der Waals surface area contributed by atoms with Crippen molar-refractivity contribution in [3.63, 3.8) is 0 Å². The van der Waals surface area contributed by atoms with Crippen molar-refractivity contribution in [2.75, 3.05) is 0 Å². The fourth-order valence-electron chi connectivity index (χ4n) is 2.26. The van der Waals surface area contributed by atoms with Gasteiger partial charge >= 0.3 is 5.97 Å². The predicted octanol–water partition coefficient (Wildman–Crippen LogP) is 1.88. The van der Waals surface area contributed by atoms with E-state index in [1.54, 1.807) is 0 Å². The Bertz CT molecular complexity index is 178. The van der Waals surface area contributed by atoms with Gasteiger partial charge in [0.25, 0.3) is 0 Å². The molecular formula is C9H14O2. The maximum atomic E-state index is 10.7. The van der Waals surface area contributed by atoms with Crippen molar-refractivity contribution in [2.45, 2.75) is 44.6 Å². The molecule has 2 aliphatic rings. The zero-order chi connectivity index (χ0) is 7.90. The minimum Gasteiger partial charge on any atom is -0.458 e. The molecule has 0 N–H and O–H groups in total. The Balaban J connectivity index is 2.05. The van der Waals surface area contributed by atoms with Gasteiger partial charge in [0.05, 0.1) is 6.42 Å². The molecule has 62 valence electrons. The molecular weight excluding hydrogens is 140 g/mol. The van der Waals surface area contributed by atoms with Crippen LogP contribution in [0.4, 0.5) is 0 Å². The van der Waals surface area contributed by atoms with Gasteiger partial charge in [0.1, 0.15) is 5.60 Å². The van der Waals surface area contributed by atoms with Gasteiger partial charge in [-0.3, -0.25) is 4.79 Å². The Morgan fingerprint density at radius 1 is 1.55 bits per heavy atom. The summed E-state index contributed by atoms with van der Waals surface area (Å²) in [6, 6.07) is 0. The summed E-state index contributed by atoms with van der Waals surface area (Å²) >= 11 is 0. The third-order valence-electron chi connectivity index (χ3n) is 3.15. The number of esters is 1. The highest BCUT2D eigenvalue weighted by Gasteiger charge is 2.50. The summed E-state index contributed by atoms with van der Waals surface area (Å²) in [5.74, 6) is 0.590. The SMILES string of the molecule is C[C@H]1CCCC[C@]12CC(=O)O2. The molecule has 0 radical (unpaired) electrons. The van der Waals surface area contributed by atoms with Gasteiger partial charge in [-0.15, -0.1) is 0 Å². The number of carbonyl (C=O) groups is 1. The Labute approximate surface area is 66.9 Å². The third kappa shape index (κ3) is 0.959. The molecule has 0 bridgehead atoms. The number of carbonyl (C=O) groups excluding carboxylic acids is 1. The van der Waals surface area contributed by atoms with Crippen LogP contribution in [0.5, 0.6) is 0 Å². The standard InChI is InChI=1S/C9H14O2/c1-7-4-2-3-5-9(7)6-8(10)11-9/h7H,2-6H2,1H3/t7-,9-/m0/s1. The first-order valence-corrected chi connectivity index (χ1v) is 4.45. The summed E-state index contributed by atoms with van der Waals surface area (Å²) in [6.07, 6.45) is 5.54. The van der Waals surface area contributed by atoms with Crippen LogP contribution in [-0.4, -0.2) is 11.6 Å². The minimum absolute atomic E-state index is 0.00116. The van der Waals surface area contributed by atoms with Crippen molar-refractivity contribution in [1.29, 1.82) is 0 Å². The fraction of sp³-hybridized carbons (Fsp3) is 0.889. The average molecular weight is 154 g/mol. The molecule has 2 atom stereocenters.